The molecule has 2 aromatic rings. The van der Waals surface area contributed by atoms with Gasteiger partial charge in [-0.1, -0.05) is 0 Å². The van der Waals surface area contributed by atoms with Gasteiger partial charge in [0.25, 0.3) is 0 Å². The second kappa shape index (κ2) is 4.42. The number of aliphatic hydroxyl groups excluding tert-OH is 1. The van der Waals surface area contributed by atoms with E-state index >= 15 is 0 Å². The molecular formula is C9H14N6O. The van der Waals surface area contributed by atoms with E-state index in [1.807, 2.05) is 0 Å². The number of nitrogens with one attached hydrogen (secondary N) is 1. The first-order valence-electron chi connectivity index (χ1n) is 5.00. The average molecular weight is 222 g/mol. The SMILES string of the molecule is CC(O)C(N)CNc1nccn2cnnc12. The van der Waals surface area contributed by atoms with E-state index in [-0.39, 0.29) is 6.04 Å². The molecule has 2 rings (SSSR count). The van der Waals surface area contributed by atoms with Crippen LogP contribution in [-0.2, 0) is 0 Å². The van der Waals surface area contributed by atoms with Crippen molar-refractivity contribution in [3.05, 3.63) is 18.7 Å². The number of aromatic nitrogens is 4. The van der Waals surface area contributed by atoms with Gasteiger partial charge in [0, 0.05) is 25.0 Å². The number of fused-ring (bicyclic) bond motifs is 1. The van der Waals surface area contributed by atoms with Crippen molar-refractivity contribution in [2.75, 3.05) is 11.9 Å². The molecule has 0 aromatic carbocycles. The van der Waals surface area contributed by atoms with Gasteiger partial charge in [-0.15, -0.1) is 10.2 Å². The summed E-state index contributed by atoms with van der Waals surface area (Å²) >= 11 is 0. The van der Waals surface area contributed by atoms with Crippen molar-refractivity contribution in [3.8, 4) is 0 Å². The van der Waals surface area contributed by atoms with Crippen molar-refractivity contribution in [1.82, 2.24) is 19.6 Å². The first kappa shape index (κ1) is 10.8. The normalized spacial score (nSPS) is 14.9. The molecule has 0 radical (unpaired) electrons. The van der Waals surface area contributed by atoms with Crippen LogP contribution >= 0.6 is 0 Å². The monoisotopic (exact) mass is 222 g/mol. The molecule has 2 heterocycles. The predicted molar refractivity (Wildman–Crippen MR) is 58.9 cm³/mol. The maximum Gasteiger partial charge on any atom is 0.203 e. The largest absolute Gasteiger partial charge is 0.392 e. The van der Waals surface area contributed by atoms with Gasteiger partial charge in [-0.05, 0) is 6.92 Å². The fraction of sp³-hybridized carbons (Fsp3) is 0.444. The number of rotatable bonds is 4. The van der Waals surface area contributed by atoms with Crippen molar-refractivity contribution in [3.63, 3.8) is 0 Å². The van der Waals surface area contributed by atoms with Crippen molar-refractivity contribution in [1.29, 1.82) is 0 Å². The van der Waals surface area contributed by atoms with Crippen molar-refractivity contribution in [2.24, 2.45) is 5.73 Å². The lowest BCUT2D eigenvalue weighted by atomic mass is 10.2. The van der Waals surface area contributed by atoms with Gasteiger partial charge in [0.1, 0.15) is 6.33 Å². The highest BCUT2D eigenvalue weighted by molar-refractivity contribution is 5.61. The van der Waals surface area contributed by atoms with E-state index in [2.05, 4.69) is 20.5 Å². The van der Waals surface area contributed by atoms with E-state index in [4.69, 9.17) is 5.73 Å². The molecule has 0 saturated heterocycles. The van der Waals surface area contributed by atoms with E-state index < -0.39 is 6.10 Å². The number of hydrogen-bond acceptors (Lipinski definition) is 6. The highest BCUT2D eigenvalue weighted by Crippen LogP contribution is 2.09. The predicted octanol–water partition coefficient (Wildman–Crippen LogP) is -0.756. The maximum atomic E-state index is 9.25. The van der Waals surface area contributed by atoms with Crippen LogP contribution in [0.2, 0.25) is 0 Å². The molecule has 0 fully saturated rings. The third-order valence-corrected chi connectivity index (χ3v) is 2.34. The fourth-order valence-electron chi connectivity index (χ4n) is 1.27. The summed E-state index contributed by atoms with van der Waals surface area (Å²) in [6, 6.07) is -0.343. The van der Waals surface area contributed by atoms with Crippen molar-refractivity contribution in [2.45, 2.75) is 19.1 Å². The van der Waals surface area contributed by atoms with Crippen LogP contribution in [0.3, 0.4) is 0 Å². The highest BCUT2D eigenvalue weighted by atomic mass is 16.3. The molecule has 2 atom stereocenters. The molecule has 0 spiro atoms. The molecule has 0 saturated carbocycles. The second-order valence-electron chi connectivity index (χ2n) is 3.62. The lowest BCUT2D eigenvalue weighted by Crippen LogP contribution is -2.38. The summed E-state index contributed by atoms with van der Waals surface area (Å²) in [6.07, 6.45) is 4.43. The molecule has 86 valence electrons. The summed E-state index contributed by atoms with van der Waals surface area (Å²) in [4.78, 5) is 4.14. The van der Waals surface area contributed by atoms with E-state index in [0.29, 0.717) is 18.0 Å². The number of nitrogens with two attached hydrogens (primary N) is 1. The fourth-order valence-corrected chi connectivity index (χ4v) is 1.27. The van der Waals surface area contributed by atoms with E-state index in [1.165, 1.54) is 0 Å². The Morgan fingerprint density at radius 1 is 1.62 bits per heavy atom. The lowest BCUT2D eigenvalue weighted by molar-refractivity contribution is 0.168. The van der Waals surface area contributed by atoms with Gasteiger partial charge in [0.15, 0.2) is 5.82 Å². The quantitative estimate of drug-likeness (QED) is 0.629. The van der Waals surface area contributed by atoms with Crippen LogP contribution in [0.15, 0.2) is 18.7 Å². The number of nitrogens with zero attached hydrogens (tertiary/aromatic N) is 4. The Labute approximate surface area is 92.3 Å². The Morgan fingerprint density at radius 3 is 3.19 bits per heavy atom. The zero-order valence-corrected chi connectivity index (χ0v) is 8.91. The Balaban J connectivity index is 2.12. The van der Waals surface area contributed by atoms with Crippen LogP contribution in [-0.4, -0.2) is 43.4 Å². The lowest BCUT2D eigenvalue weighted by Gasteiger charge is -2.15. The van der Waals surface area contributed by atoms with E-state index in [0.717, 1.165) is 0 Å². The zero-order valence-electron chi connectivity index (χ0n) is 8.91. The van der Waals surface area contributed by atoms with E-state index in [9.17, 15) is 5.11 Å². The second-order valence-corrected chi connectivity index (χ2v) is 3.62. The zero-order chi connectivity index (χ0) is 11.5. The maximum absolute atomic E-state index is 9.25. The summed E-state index contributed by atoms with van der Waals surface area (Å²) in [5.41, 5.74) is 6.34. The van der Waals surface area contributed by atoms with Crippen molar-refractivity contribution >= 4 is 11.5 Å². The van der Waals surface area contributed by atoms with Gasteiger partial charge >= 0.3 is 0 Å². The summed E-state index contributed by atoms with van der Waals surface area (Å²) < 4.78 is 1.75. The molecule has 0 aliphatic carbocycles. The van der Waals surface area contributed by atoms with Crippen LogP contribution in [0.1, 0.15) is 6.92 Å². The Morgan fingerprint density at radius 2 is 2.44 bits per heavy atom. The first-order valence-corrected chi connectivity index (χ1v) is 5.00. The summed E-state index contributed by atoms with van der Waals surface area (Å²) in [6.45, 7) is 2.08. The minimum Gasteiger partial charge on any atom is -0.392 e. The average Bonchev–Trinajstić information content (AvgIpc) is 2.73. The Bertz CT molecular complexity index is 468. The van der Waals surface area contributed by atoms with E-state index in [1.54, 1.807) is 30.0 Å². The van der Waals surface area contributed by atoms with Gasteiger partial charge in [-0.3, -0.25) is 4.40 Å². The molecule has 2 aromatic heterocycles. The smallest absolute Gasteiger partial charge is 0.203 e. The number of hydrogen-bond donors (Lipinski definition) is 3. The third-order valence-electron chi connectivity index (χ3n) is 2.34. The molecule has 4 N–H and O–H groups in total. The Kier molecular flexibility index (Phi) is 2.97. The summed E-state index contributed by atoms with van der Waals surface area (Å²) in [5, 5.41) is 20.0. The molecule has 7 nitrogen and oxygen atoms in total. The van der Waals surface area contributed by atoms with Crippen LogP contribution < -0.4 is 11.1 Å². The number of anilines is 1. The molecule has 7 heteroatoms. The molecule has 0 aliphatic rings. The minimum absolute atomic E-state index is 0.343. The third kappa shape index (κ3) is 2.10. The summed E-state index contributed by atoms with van der Waals surface area (Å²) in [7, 11) is 0. The van der Waals surface area contributed by atoms with Gasteiger partial charge in [-0.25, -0.2) is 4.98 Å². The van der Waals surface area contributed by atoms with Crippen molar-refractivity contribution < 1.29 is 5.11 Å². The molecule has 0 aliphatic heterocycles. The minimum atomic E-state index is -0.565. The van der Waals surface area contributed by atoms with Crippen LogP contribution in [0.5, 0.6) is 0 Å². The molecular weight excluding hydrogens is 208 g/mol. The summed E-state index contributed by atoms with van der Waals surface area (Å²) in [5.74, 6) is 0.608. The van der Waals surface area contributed by atoms with Crippen LogP contribution in [0.25, 0.3) is 5.65 Å². The van der Waals surface area contributed by atoms with Gasteiger partial charge < -0.3 is 16.2 Å². The first-order chi connectivity index (χ1) is 7.68. The Hall–Kier alpha value is -1.73. The highest BCUT2D eigenvalue weighted by Gasteiger charge is 2.10. The molecule has 2 unspecified atom stereocenters. The van der Waals surface area contributed by atoms with Gasteiger partial charge in [0.2, 0.25) is 5.65 Å². The topological polar surface area (TPSA) is 101 Å². The molecule has 16 heavy (non-hydrogen) atoms. The van der Waals surface area contributed by atoms with Gasteiger partial charge in [-0.2, -0.15) is 0 Å². The van der Waals surface area contributed by atoms with Crippen LogP contribution in [0.4, 0.5) is 5.82 Å². The molecule has 0 amide bonds. The standard InChI is InChI=1S/C9H14N6O/c1-6(16)7(10)4-12-8-9-14-13-5-15(9)3-2-11-8/h2-3,5-7,16H,4,10H2,1H3,(H,11,12). The number of aliphatic hydroxyl groups is 1. The van der Waals surface area contributed by atoms with Crippen LogP contribution in [0, 0.1) is 0 Å². The van der Waals surface area contributed by atoms with Gasteiger partial charge in [0.05, 0.1) is 6.10 Å². The molecule has 0 bridgehead atoms.